The Kier molecular flexibility index (Phi) is 4.16. The molecule has 2 aromatic carbocycles. The second-order valence-electron chi connectivity index (χ2n) is 3.86. The van der Waals surface area contributed by atoms with Gasteiger partial charge >= 0.3 is 0 Å². The van der Waals surface area contributed by atoms with E-state index in [-0.39, 0.29) is 0 Å². The van der Waals surface area contributed by atoms with Crippen LogP contribution in [0.15, 0.2) is 72.8 Å². The number of hydrogen-bond acceptors (Lipinski definition) is 0. The Labute approximate surface area is 108 Å². The van der Waals surface area contributed by atoms with Gasteiger partial charge in [0.1, 0.15) is 0 Å². The third kappa shape index (κ3) is 3.23. The summed E-state index contributed by atoms with van der Waals surface area (Å²) in [6, 6.07) is 20.1. The predicted molar refractivity (Wildman–Crippen MR) is 78.7 cm³/mol. The topological polar surface area (TPSA) is 0 Å². The van der Waals surface area contributed by atoms with Gasteiger partial charge in [-0.25, -0.2) is 0 Å². The molecule has 2 rings (SSSR count). The Hall–Kier alpha value is -2.52. The highest BCUT2D eigenvalue weighted by Gasteiger charge is 1.94. The van der Waals surface area contributed by atoms with Crippen LogP contribution < -0.4 is 0 Å². The van der Waals surface area contributed by atoms with Crippen LogP contribution in [-0.4, -0.2) is 0 Å². The Morgan fingerprint density at radius 3 is 2.11 bits per heavy atom. The second-order valence-corrected chi connectivity index (χ2v) is 3.86. The first-order valence-corrected chi connectivity index (χ1v) is 5.85. The zero-order valence-corrected chi connectivity index (χ0v) is 10.1. The molecule has 0 heteroatoms. The van der Waals surface area contributed by atoms with E-state index in [0.29, 0.717) is 0 Å². The SMILES string of the molecule is C#C/C(=C/C=C/c1ccccc1)c1ccccc1. The molecule has 0 spiro atoms. The molecule has 0 amide bonds. The van der Waals surface area contributed by atoms with Crippen LogP contribution in [0.5, 0.6) is 0 Å². The average Bonchev–Trinajstić information content (AvgIpc) is 2.46. The molecule has 0 N–H and O–H groups in total. The first-order chi connectivity index (χ1) is 8.90. The van der Waals surface area contributed by atoms with Crippen molar-refractivity contribution in [3.05, 3.63) is 83.9 Å². The highest BCUT2D eigenvalue weighted by Crippen LogP contribution is 2.13. The molecule has 0 saturated heterocycles. The van der Waals surface area contributed by atoms with Crippen LogP contribution in [0.2, 0.25) is 0 Å². The minimum absolute atomic E-state index is 0.891. The van der Waals surface area contributed by atoms with E-state index < -0.39 is 0 Å². The standard InChI is InChI=1S/C18H14/c1-2-17(18-13-7-4-8-14-18)15-9-12-16-10-5-3-6-11-16/h1,3-15H/b12-9+,17-15-. The maximum absolute atomic E-state index is 5.53. The van der Waals surface area contributed by atoms with E-state index in [2.05, 4.69) is 18.1 Å². The third-order valence-electron chi connectivity index (χ3n) is 2.59. The van der Waals surface area contributed by atoms with E-state index in [1.54, 1.807) is 0 Å². The molecule has 0 aromatic heterocycles. The molecule has 0 unspecified atom stereocenters. The Balaban J connectivity index is 2.18. The van der Waals surface area contributed by atoms with Crippen molar-refractivity contribution in [2.24, 2.45) is 0 Å². The lowest BCUT2D eigenvalue weighted by Crippen LogP contribution is -1.78. The summed E-state index contributed by atoms with van der Waals surface area (Å²) in [4.78, 5) is 0. The van der Waals surface area contributed by atoms with Crippen molar-refractivity contribution in [1.82, 2.24) is 0 Å². The number of benzene rings is 2. The lowest BCUT2D eigenvalue weighted by Gasteiger charge is -1.97. The maximum atomic E-state index is 5.53. The van der Waals surface area contributed by atoms with Crippen molar-refractivity contribution >= 4 is 11.6 Å². The van der Waals surface area contributed by atoms with Crippen molar-refractivity contribution in [2.75, 3.05) is 0 Å². The number of rotatable bonds is 3. The summed E-state index contributed by atoms with van der Waals surface area (Å²) in [7, 11) is 0. The van der Waals surface area contributed by atoms with E-state index in [9.17, 15) is 0 Å². The predicted octanol–water partition coefficient (Wildman–Crippen LogP) is 4.42. The van der Waals surface area contributed by atoms with Crippen molar-refractivity contribution in [2.45, 2.75) is 0 Å². The average molecular weight is 230 g/mol. The van der Waals surface area contributed by atoms with Gasteiger partial charge in [-0.05, 0) is 17.2 Å². The van der Waals surface area contributed by atoms with E-state index >= 15 is 0 Å². The molecule has 0 saturated carbocycles. The monoisotopic (exact) mass is 230 g/mol. The fraction of sp³-hybridized carbons (Fsp3) is 0. The van der Waals surface area contributed by atoms with E-state index in [4.69, 9.17) is 6.42 Å². The van der Waals surface area contributed by atoms with Gasteiger partial charge in [-0.3, -0.25) is 0 Å². The molecule has 0 aliphatic heterocycles. The summed E-state index contributed by atoms with van der Waals surface area (Å²) < 4.78 is 0. The summed E-state index contributed by atoms with van der Waals surface area (Å²) in [6.45, 7) is 0. The zero-order valence-electron chi connectivity index (χ0n) is 10.1. The third-order valence-corrected chi connectivity index (χ3v) is 2.59. The van der Waals surface area contributed by atoms with Crippen LogP contribution >= 0.6 is 0 Å². The van der Waals surface area contributed by atoms with Crippen LogP contribution in [0, 0.1) is 12.3 Å². The molecule has 0 heterocycles. The van der Waals surface area contributed by atoms with Gasteiger partial charge in [0.15, 0.2) is 0 Å². The number of hydrogen-bond donors (Lipinski definition) is 0. The van der Waals surface area contributed by atoms with Crippen LogP contribution in [-0.2, 0) is 0 Å². The highest BCUT2D eigenvalue weighted by atomic mass is 14.0. The van der Waals surface area contributed by atoms with Gasteiger partial charge in [-0.1, -0.05) is 78.7 Å². The molecular formula is C18H14. The quantitative estimate of drug-likeness (QED) is 0.541. The van der Waals surface area contributed by atoms with Crippen molar-refractivity contribution < 1.29 is 0 Å². The fourth-order valence-corrected chi connectivity index (χ4v) is 1.66. The van der Waals surface area contributed by atoms with Gasteiger partial charge in [0, 0.05) is 5.57 Å². The normalized spacial score (nSPS) is 11.4. The van der Waals surface area contributed by atoms with Gasteiger partial charge in [0.25, 0.3) is 0 Å². The van der Waals surface area contributed by atoms with E-state index in [1.165, 1.54) is 0 Å². The number of terminal acetylenes is 1. The van der Waals surface area contributed by atoms with Crippen LogP contribution in [0.4, 0.5) is 0 Å². The largest absolute Gasteiger partial charge is 0.115 e. The first kappa shape index (κ1) is 12.0. The van der Waals surface area contributed by atoms with Gasteiger partial charge in [-0.15, -0.1) is 6.42 Å². The summed E-state index contributed by atoms with van der Waals surface area (Å²) in [5, 5.41) is 0. The number of allylic oxidation sites excluding steroid dienone is 3. The maximum Gasteiger partial charge on any atom is 0.0315 e. The molecule has 86 valence electrons. The van der Waals surface area contributed by atoms with Crippen molar-refractivity contribution in [3.63, 3.8) is 0 Å². The summed E-state index contributed by atoms with van der Waals surface area (Å²) in [5.41, 5.74) is 3.12. The molecule has 0 aliphatic rings. The van der Waals surface area contributed by atoms with Gasteiger partial charge < -0.3 is 0 Å². The zero-order chi connectivity index (χ0) is 12.6. The van der Waals surface area contributed by atoms with Crippen LogP contribution in [0.1, 0.15) is 11.1 Å². The molecule has 0 nitrogen and oxygen atoms in total. The van der Waals surface area contributed by atoms with E-state index in [0.717, 1.165) is 16.7 Å². The molecule has 0 aliphatic carbocycles. The van der Waals surface area contributed by atoms with Gasteiger partial charge in [0.05, 0.1) is 0 Å². The molecular weight excluding hydrogens is 216 g/mol. The molecule has 0 atom stereocenters. The lowest BCUT2D eigenvalue weighted by atomic mass is 10.1. The van der Waals surface area contributed by atoms with Gasteiger partial charge in [-0.2, -0.15) is 0 Å². The minimum atomic E-state index is 0.891. The van der Waals surface area contributed by atoms with Crippen LogP contribution in [0.3, 0.4) is 0 Å². The molecule has 18 heavy (non-hydrogen) atoms. The Bertz CT molecular complexity index is 581. The Morgan fingerprint density at radius 1 is 0.889 bits per heavy atom. The minimum Gasteiger partial charge on any atom is -0.115 e. The van der Waals surface area contributed by atoms with E-state index in [1.807, 2.05) is 66.8 Å². The Morgan fingerprint density at radius 2 is 1.50 bits per heavy atom. The smallest absolute Gasteiger partial charge is 0.0315 e. The van der Waals surface area contributed by atoms with Crippen molar-refractivity contribution in [1.29, 1.82) is 0 Å². The summed E-state index contributed by atoms with van der Waals surface area (Å²) in [5.74, 6) is 2.71. The fourth-order valence-electron chi connectivity index (χ4n) is 1.66. The van der Waals surface area contributed by atoms with Crippen molar-refractivity contribution in [3.8, 4) is 12.3 Å². The highest BCUT2D eigenvalue weighted by molar-refractivity contribution is 5.79. The second kappa shape index (κ2) is 6.27. The van der Waals surface area contributed by atoms with Gasteiger partial charge in [0.2, 0.25) is 0 Å². The summed E-state index contributed by atoms with van der Waals surface area (Å²) >= 11 is 0. The molecule has 0 fully saturated rings. The lowest BCUT2D eigenvalue weighted by molar-refractivity contribution is 1.63. The molecule has 0 bridgehead atoms. The first-order valence-electron chi connectivity index (χ1n) is 5.85. The molecule has 2 aromatic rings. The van der Waals surface area contributed by atoms with Crippen LogP contribution in [0.25, 0.3) is 11.6 Å². The molecule has 0 radical (unpaired) electrons. The summed E-state index contributed by atoms with van der Waals surface area (Å²) in [6.07, 6.45) is 11.5.